The molecule has 0 radical (unpaired) electrons. The molecular weight excluding hydrogens is 332 g/mol. The fourth-order valence-electron chi connectivity index (χ4n) is 3.90. The number of nitrogens with zero attached hydrogens (tertiary/aromatic N) is 2. The van der Waals surface area contributed by atoms with E-state index >= 15 is 0 Å². The van der Waals surface area contributed by atoms with Crippen molar-refractivity contribution < 1.29 is 19.1 Å². The molecule has 0 spiro atoms. The number of hydrogen-bond donors (Lipinski definition) is 0. The molecule has 1 aliphatic heterocycles. The average molecular weight is 360 g/mol. The Morgan fingerprint density at radius 1 is 1.00 bits per heavy atom. The van der Waals surface area contributed by atoms with E-state index in [1.54, 1.807) is 37.3 Å². The molecule has 0 N–H and O–H groups in total. The van der Waals surface area contributed by atoms with Gasteiger partial charge in [0.15, 0.2) is 0 Å². The van der Waals surface area contributed by atoms with E-state index in [4.69, 9.17) is 9.47 Å². The third-order valence-electron chi connectivity index (χ3n) is 5.50. The Morgan fingerprint density at radius 3 is 2.27 bits per heavy atom. The second kappa shape index (κ2) is 8.43. The minimum absolute atomic E-state index is 0.0626. The van der Waals surface area contributed by atoms with Crippen molar-refractivity contribution in [2.75, 3.05) is 40.4 Å². The van der Waals surface area contributed by atoms with Crippen molar-refractivity contribution >= 4 is 11.8 Å². The summed E-state index contributed by atoms with van der Waals surface area (Å²) in [6.07, 6.45) is 5.54. The van der Waals surface area contributed by atoms with Gasteiger partial charge in [-0.15, -0.1) is 0 Å². The molecule has 1 heterocycles. The van der Waals surface area contributed by atoms with Crippen molar-refractivity contribution in [1.82, 2.24) is 9.80 Å². The van der Waals surface area contributed by atoms with Crippen molar-refractivity contribution in [3.63, 3.8) is 0 Å². The quantitative estimate of drug-likeness (QED) is 0.810. The van der Waals surface area contributed by atoms with E-state index < -0.39 is 0 Å². The second-order valence-electron chi connectivity index (χ2n) is 7.09. The first-order valence-corrected chi connectivity index (χ1v) is 9.41. The topological polar surface area (TPSA) is 59.1 Å². The average Bonchev–Trinajstić information content (AvgIpc) is 3.20. The van der Waals surface area contributed by atoms with Gasteiger partial charge in [-0.25, -0.2) is 0 Å². The zero-order chi connectivity index (χ0) is 18.5. The molecule has 2 amide bonds. The lowest BCUT2D eigenvalue weighted by molar-refractivity contribution is -0.133. The molecule has 0 atom stereocenters. The largest absolute Gasteiger partial charge is 0.497 e. The summed E-state index contributed by atoms with van der Waals surface area (Å²) in [5, 5.41) is 0. The van der Waals surface area contributed by atoms with Crippen LogP contribution in [0.25, 0.3) is 0 Å². The van der Waals surface area contributed by atoms with Crippen LogP contribution in [0, 0.1) is 5.92 Å². The smallest absolute Gasteiger partial charge is 0.257 e. The van der Waals surface area contributed by atoms with Gasteiger partial charge in [0.2, 0.25) is 5.91 Å². The number of rotatable bonds is 5. The Kier molecular flexibility index (Phi) is 6.01. The first-order chi connectivity index (χ1) is 12.6. The number of carbonyl (C=O) groups is 2. The van der Waals surface area contributed by atoms with Gasteiger partial charge in [-0.05, 0) is 30.9 Å². The maximum Gasteiger partial charge on any atom is 0.257 e. The van der Waals surface area contributed by atoms with Crippen molar-refractivity contribution in [3.05, 3.63) is 23.8 Å². The second-order valence-corrected chi connectivity index (χ2v) is 7.09. The molecule has 26 heavy (non-hydrogen) atoms. The molecule has 2 aliphatic rings. The fraction of sp³-hybridized carbons (Fsp3) is 0.600. The lowest BCUT2D eigenvalue weighted by atomic mass is 10.0. The molecule has 6 nitrogen and oxygen atoms in total. The molecule has 1 aromatic rings. The van der Waals surface area contributed by atoms with Crippen LogP contribution >= 0.6 is 0 Å². The van der Waals surface area contributed by atoms with Crippen molar-refractivity contribution in [3.8, 4) is 11.5 Å². The van der Waals surface area contributed by atoms with Gasteiger partial charge in [0.25, 0.3) is 5.91 Å². The van der Waals surface area contributed by atoms with Crippen LogP contribution in [-0.4, -0.2) is 62.0 Å². The summed E-state index contributed by atoms with van der Waals surface area (Å²) in [5.41, 5.74) is 0.527. The van der Waals surface area contributed by atoms with Gasteiger partial charge in [0.1, 0.15) is 11.5 Å². The number of methoxy groups -OCH3 is 2. The summed E-state index contributed by atoms with van der Waals surface area (Å²) in [6, 6.07) is 5.21. The van der Waals surface area contributed by atoms with Crippen LogP contribution in [0.2, 0.25) is 0 Å². The van der Waals surface area contributed by atoms with Crippen LogP contribution in [0.5, 0.6) is 11.5 Å². The molecule has 6 heteroatoms. The Bertz CT molecular complexity index is 647. The molecule has 1 saturated carbocycles. The minimum Gasteiger partial charge on any atom is -0.497 e. The zero-order valence-electron chi connectivity index (χ0n) is 15.7. The van der Waals surface area contributed by atoms with Gasteiger partial charge in [0, 0.05) is 38.7 Å². The predicted molar refractivity (Wildman–Crippen MR) is 98.6 cm³/mol. The minimum atomic E-state index is -0.0626. The van der Waals surface area contributed by atoms with Crippen LogP contribution in [0.4, 0.5) is 0 Å². The van der Waals surface area contributed by atoms with Gasteiger partial charge in [-0.3, -0.25) is 9.59 Å². The van der Waals surface area contributed by atoms with E-state index in [1.807, 2.05) is 4.90 Å². The summed E-state index contributed by atoms with van der Waals surface area (Å²) >= 11 is 0. The number of ether oxygens (including phenoxy) is 2. The highest BCUT2D eigenvalue weighted by Gasteiger charge is 2.28. The van der Waals surface area contributed by atoms with Gasteiger partial charge in [-0.1, -0.05) is 12.8 Å². The Hall–Kier alpha value is -2.24. The molecule has 0 aromatic heterocycles. The Labute approximate surface area is 155 Å². The number of benzene rings is 1. The standard InChI is InChI=1S/C20H28N2O4/c1-25-16-7-8-17(18(14-16)26-2)20(24)22-11-9-21(10-12-22)19(23)13-15-5-3-4-6-15/h7-8,14-15H,3-6,9-13H2,1-2H3. The van der Waals surface area contributed by atoms with Crippen molar-refractivity contribution in [2.45, 2.75) is 32.1 Å². The van der Waals surface area contributed by atoms with Crippen LogP contribution < -0.4 is 9.47 Å². The van der Waals surface area contributed by atoms with E-state index in [0.29, 0.717) is 55.6 Å². The lowest BCUT2D eigenvalue weighted by Gasteiger charge is -2.35. The molecule has 142 valence electrons. The van der Waals surface area contributed by atoms with E-state index in [0.717, 1.165) is 0 Å². The highest BCUT2D eigenvalue weighted by Crippen LogP contribution is 2.29. The summed E-state index contributed by atoms with van der Waals surface area (Å²) in [6.45, 7) is 2.33. The molecule has 1 aliphatic carbocycles. The normalized spacial score (nSPS) is 18.1. The van der Waals surface area contributed by atoms with Gasteiger partial charge < -0.3 is 19.3 Å². The lowest BCUT2D eigenvalue weighted by Crippen LogP contribution is -2.50. The highest BCUT2D eigenvalue weighted by atomic mass is 16.5. The summed E-state index contributed by atoms with van der Waals surface area (Å²) in [4.78, 5) is 29.0. The van der Waals surface area contributed by atoms with Crippen LogP contribution in [0.1, 0.15) is 42.5 Å². The zero-order valence-corrected chi connectivity index (χ0v) is 15.7. The monoisotopic (exact) mass is 360 g/mol. The maximum absolute atomic E-state index is 12.8. The van der Waals surface area contributed by atoms with E-state index in [9.17, 15) is 9.59 Å². The van der Waals surface area contributed by atoms with Crippen LogP contribution in [0.15, 0.2) is 18.2 Å². The summed E-state index contributed by atoms with van der Waals surface area (Å²) in [7, 11) is 3.13. The molecule has 1 aromatic carbocycles. The summed E-state index contributed by atoms with van der Waals surface area (Å²) < 4.78 is 10.5. The maximum atomic E-state index is 12.8. The Morgan fingerprint density at radius 2 is 1.65 bits per heavy atom. The summed E-state index contributed by atoms with van der Waals surface area (Å²) in [5.74, 6) is 1.90. The number of carbonyl (C=O) groups excluding carboxylic acids is 2. The molecule has 2 fully saturated rings. The molecule has 0 unspecified atom stereocenters. The first-order valence-electron chi connectivity index (χ1n) is 9.41. The van der Waals surface area contributed by atoms with E-state index in [-0.39, 0.29) is 11.8 Å². The third-order valence-corrected chi connectivity index (χ3v) is 5.50. The first kappa shape index (κ1) is 18.5. The van der Waals surface area contributed by atoms with E-state index in [1.165, 1.54) is 25.7 Å². The number of amides is 2. The molecule has 1 saturated heterocycles. The predicted octanol–water partition coefficient (Wildman–Crippen LogP) is 2.57. The van der Waals surface area contributed by atoms with Crippen LogP contribution in [0.3, 0.4) is 0 Å². The van der Waals surface area contributed by atoms with Crippen molar-refractivity contribution in [1.29, 1.82) is 0 Å². The SMILES string of the molecule is COc1ccc(C(=O)N2CCN(C(=O)CC3CCCC3)CC2)c(OC)c1. The third kappa shape index (κ3) is 4.11. The van der Waals surface area contributed by atoms with Crippen molar-refractivity contribution in [2.24, 2.45) is 5.92 Å². The van der Waals surface area contributed by atoms with E-state index in [2.05, 4.69) is 0 Å². The van der Waals surface area contributed by atoms with Gasteiger partial charge in [0.05, 0.1) is 19.8 Å². The molecule has 0 bridgehead atoms. The van der Waals surface area contributed by atoms with Gasteiger partial charge in [-0.2, -0.15) is 0 Å². The number of piperazine rings is 1. The van der Waals surface area contributed by atoms with Gasteiger partial charge >= 0.3 is 0 Å². The molecule has 3 rings (SSSR count). The molecular formula is C20H28N2O4. The highest BCUT2D eigenvalue weighted by molar-refractivity contribution is 5.97. The van der Waals surface area contributed by atoms with Crippen LogP contribution in [-0.2, 0) is 4.79 Å². The fourth-order valence-corrected chi connectivity index (χ4v) is 3.90. The Balaban J connectivity index is 1.57. The number of hydrogen-bond acceptors (Lipinski definition) is 4.